The highest BCUT2D eigenvalue weighted by molar-refractivity contribution is 6.32. The Labute approximate surface area is 218 Å². The van der Waals surface area contributed by atoms with Gasteiger partial charge in [0.2, 0.25) is 5.91 Å². The van der Waals surface area contributed by atoms with Crippen LogP contribution in [0, 0.1) is 35.5 Å². The summed E-state index contributed by atoms with van der Waals surface area (Å²) >= 11 is 0. The topological polar surface area (TPSA) is 174 Å². The number of pyridine rings is 1. The highest BCUT2D eigenvalue weighted by atomic mass is 16.5. The van der Waals surface area contributed by atoms with Gasteiger partial charge in [-0.05, 0) is 47.9 Å². The van der Waals surface area contributed by atoms with Crippen LogP contribution < -0.4 is 10.5 Å². The molecular formula is C28H28N2O8. The first-order valence-electron chi connectivity index (χ1n) is 12.5. The molecule has 10 heteroatoms. The van der Waals surface area contributed by atoms with Crippen molar-refractivity contribution in [1.29, 1.82) is 0 Å². The molecule has 38 heavy (non-hydrogen) atoms. The summed E-state index contributed by atoms with van der Waals surface area (Å²) in [5.41, 5.74) is 4.24. The van der Waals surface area contributed by atoms with Crippen molar-refractivity contribution in [3.8, 4) is 22.6 Å². The molecule has 1 aromatic heterocycles. The molecule has 2 aromatic rings. The van der Waals surface area contributed by atoms with Crippen LogP contribution in [0.2, 0.25) is 0 Å². The van der Waals surface area contributed by atoms with Crippen LogP contribution in [0.1, 0.15) is 36.2 Å². The second-order valence-electron chi connectivity index (χ2n) is 10.7. The fourth-order valence-corrected chi connectivity index (χ4v) is 6.87. The number of benzene rings is 1. The maximum atomic E-state index is 13.9. The molecule has 198 valence electrons. The monoisotopic (exact) mass is 520 g/mol. The Bertz CT molecular complexity index is 1420. The zero-order chi connectivity index (χ0) is 27.7. The number of methoxy groups -OCH3 is 1. The van der Waals surface area contributed by atoms with Gasteiger partial charge in [0, 0.05) is 29.8 Å². The number of aromatic nitrogens is 1. The van der Waals surface area contributed by atoms with Crippen LogP contribution >= 0.6 is 0 Å². The average molecular weight is 521 g/mol. The molecule has 0 saturated heterocycles. The Balaban J connectivity index is 1.67. The molecule has 6 atom stereocenters. The third-order valence-electron chi connectivity index (χ3n) is 8.49. The second-order valence-corrected chi connectivity index (χ2v) is 10.7. The van der Waals surface area contributed by atoms with Gasteiger partial charge in [0.1, 0.15) is 11.5 Å². The van der Waals surface area contributed by atoms with Gasteiger partial charge in [-0.1, -0.05) is 19.9 Å². The number of phenols is 1. The number of rotatable bonds is 4. The standard InChI is InChI=1S/C28H28N2O8/c1-11(2)19-16-9-12-8-14-13(15-10-30-7-6-18(15)38-3)4-5-17(31)21(14)24(33)20(12)25(34)28(16,37)26(35)22(23(19)32)27(29)36/h4-7,10-12,16,19-20,22,31,37H,8-9H2,1-3H3,(H2,29,36)/t12-,16-,19-,20?,22?,28-/m0/s1. The molecule has 0 radical (unpaired) electrons. The number of nitrogens with zero attached hydrogens (tertiary/aromatic N) is 1. The molecule has 5 rings (SSSR count). The molecule has 3 aliphatic rings. The van der Waals surface area contributed by atoms with Gasteiger partial charge in [-0.25, -0.2) is 0 Å². The van der Waals surface area contributed by atoms with Crippen molar-refractivity contribution in [3.63, 3.8) is 0 Å². The smallest absolute Gasteiger partial charge is 0.235 e. The van der Waals surface area contributed by atoms with E-state index in [1.165, 1.54) is 13.2 Å². The third-order valence-corrected chi connectivity index (χ3v) is 8.49. The molecule has 0 bridgehead atoms. The Morgan fingerprint density at radius 1 is 1.13 bits per heavy atom. The summed E-state index contributed by atoms with van der Waals surface area (Å²) in [6.07, 6.45) is 3.31. The summed E-state index contributed by atoms with van der Waals surface area (Å²) in [5, 5.41) is 22.4. The summed E-state index contributed by atoms with van der Waals surface area (Å²) in [7, 11) is 1.50. The van der Waals surface area contributed by atoms with Gasteiger partial charge in [0.15, 0.2) is 34.7 Å². The van der Waals surface area contributed by atoms with Gasteiger partial charge < -0.3 is 20.7 Å². The number of fused-ring (bicyclic) bond motifs is 3. The van der Waals surface area contributed by atoms with Crippen LogP contribution in [0.4, 0.5) is 0 Å². The number of hydrogen-bond acceptors (Lipinski definition) is 9. The SMILES string of the molecule is COc1ccncc1-c1ccc(O)c2c1C[C@H]1C[C@H]3[C@H](C(C)C)C(=O)C(C(N)=O)C(=O)[C@@]3(O)C(=O)C1C2=O. The lowest BCUT2D eigenvalue weighted by molar-refractivity contribution is -0.182. The minimum absolute atomic E-state index is 0.0170. The van der Waals surface area contributed by atoms with E-state index in [4.69, 9.17) is 10.5 Å². The molecule has 10 nitrogen and oxygen atoms in total. The van der Waals surface area contributed by atoms with Gasteiger partial charge in [0.05, 0.1) is 18.6 Å². The zero-order valence-corrected chi connectivity index (χ0v) is 21.1. The number of ether oxygens (including phenoxy) is 1. The van der Waals surface area contributed by atoms with E-state index in [1.807, 2.05) is 0 Å². The Kier molecular flexibility index (Phi) is 5.98. The van der Waals surface area contributed by atoms with Crippen molar-refractivity contribution in [2.45, 2.75) is 32.3 Å². The summed E-state index contributed by atoms with van der Waals surface area (Å²) in [4.78, 5) is 70.5. The number of carbonyl (C=O) groups excluding carboxylic acids is 5. The van der Waals surface area contributed by atoms with Crippen molar-refractivity contribution in [1.82, 2.24) is 4.98 Å². The lowest BCUT2D eigenvalue weighted by Crippen LogP contribution is -2.71. The molecule has 3 aliphatic carbocycles. The van der Waals surface area contributed by atoms with Crippen LogP contribution in [0.5, 0.6) is 11.5 Å². The minimum atomic E-state index is -2.71. The van der Waals surface area contributed by atoms with Crippen molar-refractivity contribution in [2.24, 2.45) is 41.2 Å². The fourth-order valence-electron chi connectivity index (χ4n) is 6.87. The minimum Gasteiger partial charge on any atom is -0.507 e. The summed E-state index contributed by atoms with van der Waals surface area (Å²) in [6, 6.07) is 4.64. The summed E-state index contributed by atoms with van der Waals surface area (Å²) in [6.45, 7) is 3.42. The van der Waals surface area contributed by atoms with E-state index >= 15 is 0 Å². The molecule has 2 saturated carbocycles. The zero-order valence-electron chi connectivity index (χ0n) is 21.1. The molecular weight excluding hydrogens is 492 g/mol. The van der Waals surface area contributed by atoms with Crippen LogP contribution in [-0.4, -0.2) is 56.9 Å². The molecule has 0 spiro atoms. The molecule has 2 unspecified atom stereocenters. The van der Waals surface area contributed by atoms with Crippen LogP contribution in [0.3, 0.4) is 0 Å². The van der Waals surface area contributed by atoms with E-state index in [0.717, 1.165) is 0 Å². The van der Waals surface area contributed by atoms with E-state index in [-0.39, 0.29) is 24.2 Å². The Morgan fingerprint density at radius 3 is 2.47 bits per heavy atom. The first-order chi connectivity index (χ1) is 17.9. The highest BCUT2D eigenvalue weighted by Crippen LogP contribution is 2.54. The number of nitrogens with two attached hydrogens (primary N) is 1. The number of Topliss-reactive ketones (excluding diaryl/α,β-unsaturated/α-hetero) is 4. The number of hydrogen-bond donors (Lipinski definition) is 3. The predicted octanol–water partition coefficient (Wildman–Crippen LogP) is 1.28. The van der Waals surface area contributed by atoms with Crippen molar-refractivity contribution >= 4 is 29.0 Å². The maximum absolute atomic E-state index is 13.9. The molecule has 1 heterocycles. The molecule has 1 amide bonds. The highest BCUT2D eigenvalue weighted by Gasteiger charge is 2.69. The molecule has 2 fully saturated rings. The normalized spacial score (nSPS) is 30.5. The predicted molar refractivity (Wildman–Crippen MR) is 132 cm³/mol. The third kappa shape index (κ3) is 3.36. The van der Waals surface area contributed by atoms with Gasteiger partial charge in [0.25, 0.3) is 0 Å². The molecule has 0 aliphatic heterocycles. The van der Waals surface area contributed by atoms with Crippen molar-refractivity contribution < 1.29 is 38.9 Å². The number of phenolic OH excluding ortho intramolecular Hbond substituents is 1. The van der Waals surface area contributed by atoms with Gasteiger partial charge in [-0.15, -0.1) is 0 Å². The fraction of sp³-hybridized carbons (Fsp3) is 0.429. The summed E-state index contributed by atoms with van der Waals surface area (Å²) in [5.74, 6) is -11.4. The Hall–Kier alpha value is -3.92. The number of carbonyl (C=O) groups is 5. The van der Waals surface area contributed by atoms with Crippen LogP contribution in [0.25, 0.3) is 11.1 Å². The summed E-state index contributed by atoms with van der Waals surface area (Å²) < 4.78 is 5.46. The number of ketones is 4. The number of aliphatic hydroxyl groups is 1. The van der Waals surface area contributed by atoms with Gasteiger partial charge >= 0.3 is 0 Å². The van der Waals surface area contributed by atoms with Gasteiger partial charge in [-0.3, -0.25) is 29.0 Å². The van der Waals surface area contributed by atoms with Crippen LogP contribution in [0.15, 0.2) is 30.6 Å². The van der Waals surface area contributed by atoms with Crippen LogP contribution in [-0.2, 0) is 25.6 Å². The molecule has 4 N–H and O–H groups in total. The van der Waals surface area contributed by atoms with E-state index in [9.17, 15) is 34.2 Å². The van der Waals surface area contributed by atoms with Gasteiger partial charge in [-0.2, -0.15) is 0 Å². The van der Waals surface area contributed by atoms with E-state index in [2.05, 4.69) is 4.98 Å². The number of primary amides is 1. The molecule has 1 aromatic carbocycles. The first-order valence-corrected chi connectivity index (χ1v) is 12.5. The average Bonchev–Trinajstić information content (AvgIpc) is 2.86. The van der Waals surface area contributed by atoms with Crippen molar-refractivity contribution in [3.05, 3.63) is 41.7 Å². The second kappa shape index (κ2) is 8.83. The van der Waals surface area contributed by atoms with Crippen molar-refractivity contribution in [2.75, 3.05) is 7.11 Å². The number of aromatic hydroxyl groups is 1. The number of amides is 1. The first kappa shape index (κ1) is 25.7. The maximum Gasteiger partial charge on any atom is 0.235 e. The lowest BCUT2D eigenvalue weighted by Gasteiger charge is -2.52. The quantitative estimate of drug-likeness (QED) is 0.502. The largest absolute Gasteiger partial charge is 0.507 e. The Morgan fingerprint density at radius 2 is 1.84 bits per heavy atom. The lowest BCUT2D eigenvalue weighted by atomic mass is 9.49. The van der Waals surface area contributed by atoms with E-state index in [1.54, 1.807) is 38.4 Å². The van der Waals surface area contributed by atoms with E-state index < -0.39 is 70.1 Å². The van der Waals surface area contributed by atoms with E-state index in [0.29, 0.717) is 22.4 Å².